The van der Waals surface area contributed by atoms with E-state index in [9.17, 15) is 4.79 Å². The monoisotopic (exact) mass is 214 g/mol. The van der Waals surface area contributed by atoms with Gasteiger partial charge in [-0.05, 0) is 25.1 Å². The van der Waals surface area contributed by atoms with E-state index in [2.05, 4.69) is 5.43 Å². The van der Waals surface area contributed by atoms with Gasteiger partial charge in [0.05, 0.1) is 17.9 Å². The van der Waals surface area contributed by atoms with E-state index >= 15 is 0 Å². The third-order valence-electron chi connectivity index (χ3n) is 1.63. The molecule has 0 fully saturated rings. The average Bonchev–Trinajstić information content (AvgIpc) is 2.18. The molecule has 0 saturated carbocycles. The number of hydrogen-bond acceptors (Lipinski definition) is 4. The number of nitrogens with one attached hydrogen (secondary N) is 1. The van der Waals surface area contributed by atoms with Gasteiger partial charge in [-0.3, -0.25) is 5.84 Å². The minimum absolute atomic E-state index is 0.315. The van der Waals surface area contributed by atoms with Gasteiger partial charge in [0, 0.05) is 5.02 Å². The second-order valence-corrected chi connectivity index (χ2v) is 2.99. The number of carbonyl (C=O) groups excluding carboxylic acids is 1. The van der Waals surface area contributed by atoms with Gasteiger partial charge in [0.25, 0.3) is 0 Å². The molecule has 0 aromatic heterocycles. The van der Waals surface area contributed by atoms with Crippen LogP contribution in [0.15, 0.2) is 18.2 Å². The van der Waals surface area contributed by atoms with Gasteiger partial charge in [-0.1, -0.05) is 11.6 Å². The molecule has 0 radical (unpaired) electrons. The Kier molecular flexibility index (Phi) is 3.73. The average molecular weight is 215 g/mol. The fraction of sp³-hybridized carbons (Fsp3) is 0.222. The molecule has 1 rings (SSSR count). The van der Waals surface area contributed by atoms with Crippen molar-refractivity contribution >= 4 is 23.3 Å². The molecule has 1 aromatic rings. The molecule has 0 aliphatic heterocycles. The van der Waals surface area contributed by atoms with E-state index in [0.717, 1.165) is 0 Å². The lowest BCUT2D eigenvalue weighted by atomic mass is 10.2. The number of carbonyl (C=O) groups is 1. The van der Waals surface area contributed by atoms with Gasteiger partial charge < -0.3 is 10.2 Å². The quantitative estimate of drug-likeness (QED) is 0.458. The fourth-order valence-electron chi connectivity index (χ4n) is 1.02. The molecule has 3 N–H and O–H groups in total. The summed E-state index contributed by atoms with van der Waals surface area (Å²) in [5, 5.41) is 0.465. The van der Waals surface area contributed by atoms with Crippen LogP contribution in [0.4, 0.5) is 5.69 Å². The van der Waals surface area contributed by atoms with Crippen molar-refractivity contribution in [2.45, 2.75) is 6.92 Å². The number of nitrogen functional groups attached to an aromatic ring is 1. The number of halogens is 1. The third kappa shape index (κ3) is 2.37. The Morgan fingerprint density at radius 1 is 1.64 bits per heavy atom. The first-order valence-corrected chi connectivity index (χ1v) is 4.50. The van der Waals surface area contributed by atoms with Crippen molar-refractivity contribution in [2.75, 3.05) is 12.0 Å². The van der Waals surface area contributed by atoms with Crippen LogP contribution < -0.4 is 11.3 Å². The van der Waals surface area contributed by atoms with Crippen LogP contribution >= 0.6 is 11.6 Å². The topological polar surface area (TPSA) is 64.3 Å². The molecule has 0 bridgehead atoms. The Hall–Kier alpha value is -1.26. The summed E-state index contributed by atoms with van der Waals surface area (Å²) in [7, 11) is 0. The summed E-state index contributed by atoms with van der Waals surface area (Å²) in [6, 6.07) is 4.77. The SMILES string of the molecule is CCOC(=O)c1cc(Cl)ccc1NN. The number of esters is 1. The summed E-state index contributed by atoms with van der Waals surface area (Å²) < 4.78 is 4.83. The van der Waals surface area contributed by atoms with Gasteiger partial charge in [0.2, 0.25) is 0 Å². The number of benzene rings is 1. The van der Waals surface area contributed by atoms with Crippen molar-refractivity contribution in [1.82, 2.24) is 0 Å². The Bertz CT molecular complexity index is 342. The maximum absolute atomic E-state index is 11.4. The first-order chi connectivity index (χ1) is 6.69. The van der Waals surface area contributed by atoms with Gasteiger partial charge >= 0.3 is 5.97 Å². The first-order valence-electron chi connectivity index (χ1n) is 4.12. The van der Waals surface area contributed by atoms with E-state index in [1.165, 1.54) is 6.07 Å². The van der Waals surface area contributed by atoms with E-state index in [0.29, 0.717) is 22.9 Å². The number of anilines is 1. The highest BCUT2D eigenvalue weighted by Gasteiger charge is 2.12. The van der Waals surface area contributed by atoms with E-state index < -0.39 is 5.97 Å². The third-order valence-corrected chi connectivity index (χ3v) is 1.87. The lowest BCUT2D eigenvalue weighted by Gasteiger charge is -2.07. The number of rotatable bonds is 3. The van der Waals surface area contributed by atoms with E-state index in [4.69, 9.17) is 22.2 Å². The minimum Gasteiger partial charge on any atom is -0.462 e. The lowest BCUT2D eigenvalue weighted by Crippen LogP contribution is -2.13. The van der Waals surface area contributed by atoms with Crippen LogP contribution in [0.5, 0.6) is 0 Å². The first kappa shape index (κ1) is 10.8. The highest BCUT2D eigenvalue weighted by molar-refractivity contribution is 6.31. The molecule has 0 atom stereocenters. The van der Waals surface area contributed by atoms with Crippen molar-refractivity contribution in [3.63, 3.8) is 0 Å². The minimum atomic E-state index is -0.442. The maximum atomic E-state index is 11.4. The zero-order chi connectivity index (χ0) is 10.6. The molecule has 0 saturated heterocycles. The molecule has 0 aliphatic rings. The normalized spacial score (nSPS) is 9.64. The Morgan fingerprint density at radius 2 is 2.36 bits per heavy atom. The van der Waals surface area contributed by atoms with Crippen LogP contribution in [-0.4, -0.2) is 12.6 Å². The maximum Gasteiger partial charge on any atom is 0.340 e. The second kappa shape index (κ2) is 4.83. The van der Waals surface area contributed by atoms with E-state index in [-0.39, 0.29) is 0 Å². The highest BCUT2D eigenvalue weighted by Crippen LogP contribution is 2.20. The summed E-state index contributed by atoms with van der Waals surface area (Å²) in [5.41, 5.74) is 3.23. The smallest absolute Gasteiger partial charge is 0.340 e. The Labute approximate surface area is 87.0 Å². The van der Waals surface area contributed by atoms with Crippen LogP contribution in [0.2, 0.25) is 5.02 Å². The van der Waals surface area contributed by atoms with E-state index in [1.807, 2.05) is 0 Å². The molecule has 0 spiro atoms. The number of nitrogens with two attached hydrogens (primary N) is 1. The van der Waals surface area contributed by atoms with Gasteiger partial charge in [0.1, 0.15) is 0 Å². The number of hydrazine groups is 1. The molecular formula is C9H11ClN2O2. The van der Waals surface area contributed by atoms with Crippen molar-refractivity contribution in [3.05, 3.63) is 28.8 Å². The zero-order valence-corrected chi connectivity index (χ0v) is 8.47. The van der Waals surface area contributed by atoms with Crippen molar-refractivity contribution in [2.24, 2.45) is 5.84 Å². The molecule has 0 aliphatic carbocycles. The number of ether oxygens (including phenoxy) is 1. The summed E-state index contributed by atoms with van der Waals surface area (Å²) in [6.07, 6.45) is 0. The van der Waals surface area contributed by atoms with Crippen molar-refractivity contribution in [1.29, 1.82) is 0 Å². The Morgan fingerprint density at radius 3 is 2.93 bits per heavy atom. The molecule has 0 heterocycles. The zero-order valence-electron chi connectivity index (χ0n) is 7.71. The second-order valence-electron chi connectivity index (χ2n) is 2.55. The molecule has 0 amide bonds. The summed E-state index contributed by atoms with van der Waals surface area (Å²) >= 11 is 5.74. The predicted molar refractivity (Wildman–Crippen MR) is 55.2 cm³/mol. The van der Waals surface area contributed by atoms with Gasteiger partial charge in [-0.15, -0.1) is 0 Å². The van der Waals surface area contributed by atoms with E-state index in [1.54, 1.807) is 19.1 Å². The Balaban J connectivity index is 3.03. The van der Waals surface area contributed by atoms with Crippen LogP contribution in [0.1, 0.15) is 17.3 Å². The molecule has 4 nitrogen and oxygen atoms in total. The molecule has 5 heteroatoms. The van der Waals surface area contributed by atoms with Crippen LogP contribution in [0.25, 0.3) is 0 Å². The fourth-order valence-corrected chi connectivity index (χ4v) is 1.19. The van der Waals surface area contributed by atoms with Crippen LogP contribution in [-0.2, 0) is 4.74 Å². The standard InChI is InChI=1S/C9H11ClN2O2/c1-2-14-9(13)7-5-6(10)3-4-8(7)12-11/h3-5,12H,2,11H2,1H3. The van der Waals surface area contributed by atoms with Gasteiger partial charge in [-0.25, -0.2) is 4.79 Å². The molecule has 14 heavy (non-hydrogen) atoms. The van der Waals surface area contributed by atoms with Crippen LogP contribution in [0, 0.1) is 0 Å². The molecular weight excluding hydrogens is 204 g/mol. The molecule has 0 unspecified atom stereocenters. The number of hydrogen-bond donors (Lipinski definition) is 2. The summed E-state index contributed by atoms with van der Waals surface area (Å²) in [5.74, 6) is 4.79. The van der Waals surface area contributed by atoms with Gasteiger partial charge in [-0.2, -0.15) is 0 Å². The molecule has 1 aromatic carbocycles. The van der Waals surface area contributed by atoms with Gasteiger partial charge in [0.15, 0.2) is 0 Å². The van der Waals surface area contributed by atoms with Crippen molar-refractivity contribution in [3.8, 4) is 0 Å². The lowest BCUT2D eigenvalue weighted by molar-refractivity contribution is 0.0527. The predicted octanol–water partition coefficient (Wildman–Crippen LogP) is 1.80. The largest absolute Gasteiger partial charge is 0.462 e. The summed E-state index contributed by atoms with van der Waals surface area (Å²) in [6.45, 7) is 2.05. The highest BCUT2D eigenvalue weighted by atomic mass is 35.5. The van der Waals surface area contributed by atoms with Crippen molar-refractivity contribution < 1.29 is 9.53 Å². The molecule has 76 valence electrons. The van der Waals surface area contributed by atoms with Crippen LogP contribution in [0.3, 0.4) is 0 Å². The summed E-state index contributed by atoms with van der Waals surface area (Å²) in [4.78, 5) is 11.4.